The molecule has 6 nitrogen and oxygen atoms in total. The highest BCUT2D eigenvalue weighted by Gasteiger charge is 2.30. The number of carbonyl (C=O) groups excluding carboxylic acids is 2. The van der Waals surface area contributed by atoms with Crippen LogP contribution in [-0.4, -0.2) is 26.6 Å². The number of para-hydroxylation sites is 1. The number of anilines is 1. The Bertz CT molecular complexity index is 1300. The summed E-state index contributed by atoms with van der Waals surface area (Å²) in [6.07, 6.45) is -3.25. The number of ketones is 1. The van der Waals surface area contributed by atoms with Crippen LogP contribution in [0.3, 0.4) is 0 Å². The summed E-state index contributed by atoms with van der Waals surface area (Å²) in [5.74, 6) is -0.690. The fraction of sp³-hybridized carbons (Fsp3) is 0.0952. The standard InChI is InChI=1S/C21H13F3N4O2S/c1-11(29)27-20-28-18-14(3-2-4-17(18)31-20)19(30)16-9-15(25-10-26-16)12-5-7-13(8-6-12)21(22,23)24/h2-10H,1H3,(H,27,28,29). The van der Waals surface area contributed by atoms with Crippen LogP contribution in [0.15, 0.2) is 54.9 Å². The molecule has 0 fully saturated rings. The number of fused-ring (bicyclic) bond motifs is 1. The van der Waals surface area contributed by atoms with Gasteiger partial charge in [-0.3, -0.25) is 9.59 Å². The first-order valence-corrected chi connectivity index (χ1v) is 9.75. The molecule has 1 N–H and O–H groups in total. The van der Waals surface area contributed by atoms with Gasteiger partial charge in [-0.1, -0.05) is 29.5 Å². The first-order valence-electron chi connectivity index (χ1n) is 8.94. The van der Waals surface area contributed by atoms with E-state index in [0.29, 0.717) is 32.2 Å². The van der Waals surface area contributed by atoms with Crippen LogP contribution in [0, 0.1) is 0 Å². The Labute approximate surface area is 177 Å². The number of carbonyl (C=O) groups is 2. The zero-order valence-electron chi connectivity index (χ0n) is 15.9. The van der Waals surface area contributed by atoms with Crippen molar-refractivity contribution < 1.29 is 22.8 Å². The second-order valence-corrected chi connectivity index (χ2v) is 7.58. The van der Waals surface area contributed by atoms with Gasteiger partial charge < -0.3 is 5.32 Å². The number of rotatable bonds is 4. The molecule has 0 aliphatic rings. The molecule has 31 heavy (non-hydrogen) atoms. The maximum Gasteiger partial charge on any atom is 0.416 e. The summed E-state index contributed by atoms with van der Waals surface area (Å²) in [6, 6.07) is 11.0. The Kier molecular flexibility index (Phi) is 5.24. The molecule has 10 heteroatoms. The third-order valence-electron chi connectivity index (χ3n) is 4.35. The number of hydrogen-bond acceptors (Lipinski definition) is 6. The van der Waals surface area contributed by atoms with E-state index < -0.39 is 17.5 Å². The molecule has 0 spiro atoms. The predicted octanol–water partition coefficient (Wildman–Crippen LogP) is 4.96. The van der Waals surface area contributed by atoms with Crippen LogP contribution in [0.2, 0.25) is 0 Å². The average Bonchev–Trinajstić information content (AvgIpc) is 3.14. The van der Waals surface area contributed by atoms with Crippen LogP contribution >= 0.6 is 11.3 Å². The molecule has 0 aliphatic heterocycles. The molecule has 4 rings (SSSR count). The minimum Gasteiger partial charge on any atom is -0.302 e. The topological polar surface area (TPSA) is 84.8 Å². The molecule has 2 heterocycles. The normalized spacial score (nSPS) is 11.5. The SMILES string of the molecule is CC(=O)Nc1nc2c(C(=O)c3cc(-c4ccc(C(F)(F)F)cc4)ncn3)cccc2s1. The number of nitrogens with one attached hydrogen (secondary N) is 1. The van der Waals surface area contributed by atoms with Gasteiger partial charge in [-0.05, 0) is 30.3 Å². The van der Waals surface area contributed by atoms with Crippen molar-refractivity contribution >= 4 is 38.4 Å². The average molecular weight is 442 g/mol. The van der Waals surface area contributed by atoms with E-state index in [1.165, 1.54) is 42.8 Å². The number of nitrogens with zero attached hydrogens (tertiary/aromatic N) is 3. The van der Waals surface area contributed by atoms with E-state index in [-0.39, 0.29) is 11.6 Å². The van der Waals surface area contributed by atoms with Gasteiger partial charge in [-0.15, -0.1) is 0 Å². The Balaban J connectivity index is 1.69. The van der Waals surface area contributed by atoms with Crippen molar-refractivity contribution in [3.63, 3.8) is 0 Å². The highest BCUT2D eigenvalue weighted by molar-refractivity contribution is 7.22. The van der Waals surface area contributed by atoms with Gasteiger partial charge in [-0.25, -0.2) is 15.0 Å². The van der Waals surface area contributed by atoms with Crippen molar-refractivity contribution in [3.05, 3.63) is 71.7 Å². The number of hydrogen-bond donors (Lipinski definition) is 1. The first kappa shape index (κ1) is 20.6. The van der Waals surface area contributed by atoms with Crippen LogP contribution in [-0.2, 0) is 11.0 Å². The Morgan fingerprint density at radius 2 is 1.77 bits per heavy atom. The molecular weight excluding hydrogens is 429 g/mol. The molecule has 4 aromatic rings. The molecule has 0 aliphatic carbocycles. The number of benzene rings is 2. The van der Waals surface area contributed by atoms with Crippen molar-refractivity contribution in [2.75, 3.05) is 5.32 Å². The summed E-state index contributed by atoms with van der Waals surface area (Å²) < 4.78 is 39.1. The van der Waals surface area contributed by atoms with Crippen LogP contribution in [0.5, 0.6) is 0 Å². The van der Waals surface area contributed by atoms with E-state index in [0.717, 1.165) is 12.1 Å². The zero-order chi connectivity index (χ0) is 22.2. The zero-order valence-corrected chi connectivity index (χ0v) is 16.7. The van der Waals surface area contributed by atoms with Gasteiger partial charge >= 0.3 is 6.18 Å². The lowest BCUT2D eigenvalue weighted by Gasteiger charge is -2.08. The van der Waals surface area contributed by atoms with E-state index in [1.807, 2.05) is 0 Å². The summed E-state index contributed by atoms with van der Waals surface area (Å²) in [6.45, 7) is 1.36. The van der Waals surface area contributed by atoms with Gasteiger partial charge in [0.05, 0.1) is 27.0 Å². The summed E-state index contributed by atoms with van der Waals surface area (Å²) in [5.41, 5.74) is 0.761. The Morgan fingerprint density at radius 1 is 1.03 bits per heavy atom. The molecule has 0 bridgehead atoms. The molecule has 0 saturated carbocycles. The van der Waals surface area contributed by atoms with E-state index in [2.05, 4.69) is 20.3 Å². The highest BCUT2D eigenvalue weighted by atomic mass is 32.1. The van der Waals surface area contributed by atoms with Gasteiger partial charge in [0.2, 0.25) is 11.7 Å². The molecular formula is C21H13F3N4O2S. The van der Waals surface area contributed by atoms with E-state index in [9.17, 15) is 22.8 Å². The van der Waals surface area contributed by atoms with Gasteiger partial charge in [-0.2, -0.15) is 13.2 Å². The fourth-order valence-corrected chi connectivity index (χ4v) is 3.88. The molecule has 2 aromatic heterocycles. The van der Waals surface area contributed by atoms with Crippen LogP contribution in [0.4, 0.5) is 18.3 Å². The number of thiazole rings is 1. The van der Waals surface area contributed by atoms with Crippen molar-refractivity contribution in [1.82, 2.24) is 15.0 Å². The van der Waals surface area contributed by atoms with Gasteiger partial charge in [0.1, 0.15) is 12.0 Å². The first-order chi connectivity index (χ1) is 14.7. The van der Waals surface area contributed by atoms with E-state index in [4.69, 9.17) is 0 Å². The fourth-order valence-electron chi connectivity index (χ4n) is 2.94. The number of alkyl halides is 3. The van der Waals surface area contributed by atoms with Gasteiger partial charge in [0, 0.05) is 12.5 Å². The molecule has 2 aromatic carbocycles. The van der Waals surface area contributed by atoms with E-state index in [1.54, 1.807) is 18.2 Å². The minimum absolute atomic E-state index is 0.0754. The Hall–Kier alpha value is -3.66. The van der Waals surface area contributed by atoms with E-state index >= 15 is 0 Å². The Morgan fingerprint density at radius 3 is 2.45 bits per heavy atom. The second kappa shape index (κ2) is 7.88. The van der Waals surface area contributed by atoms with Crippen molar-refractivity contribution in [3.8, 4) is 11.3 Å². The number of amides is 1. The molecule has 0 atom stereocenters. The largest absolute Gasteiger partial charge is 0.416 e. The molecule has 0 saturated heterocycles. The lowest BCUT2D eigenvalue weighted by atomic mass is 10.0. The lowest BCUT2D eigenvalue weighted by molar-refractivity contribution is -0.137. The van der Waals surface area contributed by atoms with Gasteiger partial charge in [0.25, 0.3) is 0 Å². The molecule has 0 radical (unpaired) electrons. The quantitative estimate of drug-likeness (QED) is 0.452. The highest BCUT2D eigenvalue weighted by Crippen LogP contribution is 2.31. The molecule has 0 unspecified atom stereocenters. The third kappa shape index (κ3) is 4.29. The maximum absolute atomic E-state index is 13.1. The van der Waals surface area contributed by atoms with Crippen molar-refractivity contribution in [2.45, 2.75) is 13.1 Å². The maximum atomic E-state index is 13.1. The number of aromatic nitrogens is 3. The summed E-state index contributed by atoms with van der Waals surface area (Å²) in [5, 5.41) is 2.97. The van der Waals surface area contributed by atoms with Gasteiger partial charge in [0.15, 0.2) is 5.13 Å². The second-order valence-electron chi connectivity index (χ2n) is 6.55. The lowest BCUT2D eigenvalue weighted by Crippen LogP contribution is -2.07. The molecule has 156 valence electrons. The molecule has 1 amide bonds. The number of halogens is 3. The smallest absolute Gasteiger partial charge is 0.302 e. The van der Waals surface area contributed by atoms with Crippen molar-refractivity contribution in [1.29, 1.82) is 0 Å². The van der Waals surface area contributed by atoms with Crippen LogP contribution in [0.1, 0.15) is 28.5 Å². The summed E-state index contributed by atoms with van der Waals surface area (Å²) in [4.78, 5) is 36.8. The monoisotopic (exact) mass is 442 g/mol. The van der Waals surface area contributed by atoms with Crippen LogP contribution in [0.25, 0.3) is 21.5 Å². The predicted molar refractivity (Wildman–Crippen MR) is 110 cm³/mol. The summed E-state index contributed by atoms with van der Waals surface area (Å²) >= 11 is 1.24. The third-order valence-corrected chi connectivity index (χ3v) is 5.29. The van der Waals surface area contributed by atoms with Crippen LogP contribution < -0.4 is 5.32 Å². The summed E-state index contributed by atoms with van der Waals surface area (Å²) in [7, 11) is 0. The van der Waals surface area contributed by atoms with Crippen molar-refractivity contribution in [2.24, 2.45) is 0 Å². The minimum atomic E-state index is -4.44.